The molecule has 0 radical (unpaired) electrons. The van der Waals surface area contributed by atoms with Gasteiger partial charge in [-0.3, -0.25) is 10.00 Å². The maximum atomic E-state index is 4.96. The van der Waals surface area contributed by atoms with Crippen LogP contribution in [0.25, 0.3) is 16.9 Å². The van der Waals surface area contributed by atoms with Crippen LogP contribution in [0, 0.1) is 0 Å². The predicted octanol–water partition coefficient (Wildman–Crippen LogP) is 4.64. The van der Waals surface area contributed by atoms with Crippen LogP contribution < -0.4 is 0 Å². The Bertz CT molecular complexity index is 1040. The quantitative estimate of drug-likeness (QED) is 0.546. The van der Waals surface area contributed by atoms with Gasteiger partial charge in [0.2, 0.25) is 0 Å². The summed E-state index contributed by atoms with van der Waals surface area (Å²) in [6.07, 6.45) is 6.47. The highest BCUT2D eigenvalue weighted by molar-refractivity contribution is 5.63. The molecule has 1 saturated heterocycles. The average Bonchev–Trinajstić information content (AvgIpc) is 3.46. The van der Waals surface area contributed by atoms with E-state index in [2.05, 4.69) is 82.0 Å². The topological polar surface area (TPSA) is 49.7 Å². The van der Waals surface area contributed by atoms with Crippen molar-refractivity contribution >= 4 is 0 Å². The molecule has 0 spiro atoms. The minimum Gasteiger partial charge on any atom is -0.298 e. The molecule has 29 heavy (non-hydrogen) atoms. The number of nitrogens with zero attached hydrogens (tertiary/aromatic N) is 4. The molecule has 5 nitrogen and oxygen atoms in total. The third kappa shape index (κ3) is 3.87. The summed E-state index contributed by atoms with van der Waals surface area (Å²) in [7, 11) is 0. The Morgan fingerprint density at radius 1 is 0.966 bits per heavy atom. The van der Waals surface area contributed by atoms with E-state index in [1.807, 2.05) is 16.9 Å². The zero-order chi connectivity index (χ0) is 19.5. The number of H-pyrrole nitrogens is 1. The second-order valence-electron chi connectivity index (χ2n) is 7.74. The Morgan fingerprint density at radius 2 is 1.76 bits per heavy atom. The summed E-state index contributed by atoms with van der Waals surface area (Å²) in [5.74, 6) is 0.524. The van der Waals surface area contributed by atoms with Gasteiger partial charge in [-0.1, -0.05) is 48.5 Å². The van der Waals surface area contributed by atoms with Crippen molar-refractivity contribution in [3.8, 4) is 16.9 Å². The first-order valence-corrected chi connectivity index (χ1v) is 10.3. The number of para-hydroxylation sites is 1. The maximum Gasteiger partial charge on any atom is 0.0972 e. The third-order valence-electron chi connectivity index (χ3n) is 5.72. The molecule has 5 rings (SSSR count). The number of rotatable bonds is 5. The Balaban J connectivity index is 1.44. The number of hydrogen-bond acceptors (Lipinski definition) is 3. The predicted molar refractivity (Wildman–Crippen MR) is 115 cm³/mol. The lowest BCUT2D eigenvalue weighted by atomic mass is 9.94. The van der Waals surface area contributed by atoms with Gasteiger partial charge in [0.1, 0.15) is 0 Å². The summed E-state index contributed by atoms with van der Waals surface area (Å²) < 4.78 is 2.01. The number of aromatic nitrogens is 4. The second-order valence-corrected chi connectivity index (χ2v) is 7.74. The maximum absolute atomic E-state index is 4.96. The lowest BCUT2D eigenvalue weighted by molar-refractivity contribution is 0.198. The van der Waals surface area contributed by atoms with Crippen LogP contribution in [-0.4, -0.2) is 38.0 Å². The van der Waals surface area contributed by atoms with E-state index in [4.69, 9.17) is 5.10 Å². The first-order chi connectivity index (χ1) is 14.4. The molecular weight excluding hydrogens is 358 g/mol. The number of aromatic amines is 1. The smallest absolute Gasteiger partial charge is 0.0972 e. The van der Waals surface area contributed by atoms with Crippen molar-refractivity contribution in [3.05, 3.63) is 90.4 Å². The monoisotopic (exact) mass is 383 g/mol. The molecule has 2 aromatic carbocycles. The van der Waals surface area contributed by atoms with Crippen molar-refractivity contribution in [1.82, 2.24) is 24.9 Å². The second kappa shape index (κ2) is 8.05. The highest BCUT2D eigenvalue weighted by Gasteiger charge is 2.24. The molecular formula is C24H25N5. The van der Waals surface area contributed by atoms with E-state index in [0.717, 1.165) is 31.0 Å². The molecule has 5 heteroatoms. The number of hydrogen-bond donors (Lipinski definition) is 1. The molecule has 0 bridgehead atoms. The third-order valence-corrected chi connectivity index (χ3v) is 5.72. The van der Waals surface area contributed by atoms with Gasteiger partial charge in [0.05, 0.1) is 11.4 Å². The van der Waals surface area contributed by atoms with Crippen molar-refractivity contribution in [2.75, 3.05) is 13.1 Å². The van der Waals surface area contributed by atoms with E-state index >= 15 is 0 Å². The Kier molecular flexibility index (Phi) is 4.97. The van der Waals surface area contributed by atoms with E-state index < -0.39 is 0 Å². The fourth-order valence-corrected chi connectivity index (χ4v) is 4.27. The number of likely N-dealkylation sites (tertiary alicyclic amines) is 1. The van der Waals surface area contributed by atoms with Gasteiger partial charge in [-0.2, -0.15) is 10.2 Å². The van der Waals surface area contributed by atoms with Gasteiger partial charge in [-0.25, -0.2) is 4.68 Å². The highest BCUT2D eigenvalue weighted by atomic mass is 15.3. The lowest BCUT2D eigenvalue weighted by Gasteiger charge is -2.32. The van der Waals surface area contributed by atoms with Crippen LogP contribution in [0.1, 0.15) is 30.0 Å². The average molecular weight is 383 g/mol. The van der Waals surface area contributed by atoms with E-state index in [1.165, 1.54) is 29.7 Å². The summed E-state index contributed by atoms with van der Waals surface area (Å²) in [5.41, 5.74) is 5.84. The fraction of sp³-hybridized carbons (Fsp3) is 0.250. The summed E-state index contributed by atoms with van der Waals surface area (Å²) in [6, 6.07) is 22.9. The molecule has 0 aliphatic carbocycles. The lowest BCUT2D eigenvalue weighted by Crippen LogP contribution is -2.34. The zero-order valence-corrected chi connectivity index (χ0v) is 16.4. The van der Waals surface area contributed by atoms with Crippen molar-refractivity contribution in [2.24, 2.45) is 0 Å². The Morgan fingerprint density at radius 3 is 2.52 bits per heavy atom. The number of nitrogens with one attached hydrogen (secondary N) is 1. The standard InChI is InChI=1S/C24H25N5/c1-3-8-19(9-4-1)24-21(18-29(27-24)22-11-5-2-6-12-22)17-28-15-7-10-20(16-28)23-13-14-25-26-23/h1-6,8-9,11-14,18,20H,7,10,15-17H2,(H,25,26)/t20-/m0/s1. The summed E-state index contributed by atoms with van der Waals surface area (Å²) in [4.78, 5) is 2.55. The molecule has 1 N–H and O–H groups in total. The van der Waals surface area contributed by atoms with Crippen LogP contribution in [0.5, 0.6) is 0 Å². The van der Waals surface area contributed by atoms with E-state index in [0.29, 0.717) is 5.92 Å². The first kappa shape index (κ1) is 17.9. The van der Waals surface area contributed by atoms with E-state index in [-0.39, 0.29) is 0 Å². The molecule has 4 aromatic rings. The van der Waals surface area contributed by atoms with Gasteiger partial charge in [0.25, 0.3) is 0 Å². The number of piperidine rings is 1. The van der Waals surface area contributed by atoms with Crippen LogP contribution in [0.15, 0.2) is 79.1 Å². The largest absolute Gasteiger partial charge is 0.298 e. The van der Waals surface area contributed by atoms with Crippen molar-refractivity contribution in [1.29, 1.82) is 0 Å². The van der Waals surface area contributed by atoms with Gasteiger partial charge in [-0.05, 0) is 37.6 Å². The van der Waals surface area contributed by atoms with Crippen molar-refractivity contribution in [3.63, 3.8) is 0 Å². The van der Waals surface area contributed by atoms with Gasteiger partial charge >= 0.3 is 0 Å². The van der Waals surface area contributed by atoms with E-state index in [1.54, 1.807) is 0 Å². The summed E-state index contributed by atoms with van der Waals surface area (Å²) in [5, 5.41) is 12.3. The summed E-state index contributed by atoms with van der Waals surface area (Å²) >= 11 is 0. The van der Waals surface area contributed by atoms with Gasteiger partial charge in [0.15, 0.2) is 0 Å². The van der Waals surface area contributed by atoms with Gasteiger partial charge in [0, 0.05) is 48.2 Å². The molecule has 3 heterocycles. The molecule has 0 unspecified atom stereocenters. The normalized spacial score (nSPS) is 17.4. The molecule has 1 atom stereocenters. The SMILES string of the molecule is c1ccc(-c2nn(-c3ccccc3)cc2CN2CCC[C@H](c3ccn[nH]3)C2)cc1. The molecule has 1 aliphatic heterocycles. The molecule has 2 aromatic heterocycles. The Labute approximate surface area is 171 Å². The number of benzene rings is 2. The van der Waals surface area contributed by atoms with Crippen LogP contribution >= 0.6 is 0 Å². The van der Waals surface area contributed by atoms with Gasteiger partial charge < -0.3 is 0 Å². The molecule has 0 saturated carbocycles. The van der Waals surface area contributed by atoms with Gasteiger partial charge in [-0.15, -0.1) is 0 Å². The van der Waals surface area contributed by atoms with Crippen LogP contribution in [0.3, 0.4) is 0 Å². The molecule has 0 amide bonds. The fourth-order valence-electron chi connectivity index (χ4n) is 4.27. The van der Waals surface area contributed by atoms with Crippen LogP contribution in [0.4, 0.5) is 0 Å². The highest BCUT2D eigenvalue weighted by Crippen LogP contribution is 2.29. The molecule has 146 valence electrons. The molecule has 1 fully saturated rings. The molecule has 1 aliphatic rings. The van der Waals surface area contributed by atoms with E-state index in [9.17, 15) is 0 Å². The minimum absolute atomic E-state index is 0.524. The van der Waals surface area contributed by atoms with Crippen molar-refractivity contribution in [2.45, 2.75) is 25.3 Å². The van der Waals surface area contributed by atoms with Crippen LogP contribution in [-0.2, 0) is 6.54 Å². The minimum atomic E-state index is 0.524. The Hall–Kier alpha value is -3.18. The van der Waals surface area contributed by atoms with Crippen molar-refractivity contribution < 1.29 is 0 Å². The summed E-state index contributed by atoms with van der Waals surface area (Å²) in [6.45, 7) is 3.07. The van der Waals surface area contributed by atoms with Crippen LogP contribution in [0.2, 0.25) is 0 Å². The zero-order valence-electron chi connectivity index (χ0n) is 16.4. The first-order valence-electron chi connectivity index (χ1n) is 10.3.